The van der Waals surface area contributed by atoms with E-state index >= 15 is 0 Å². The van der Waals surface area contributed by atoms with Gasteiger partial charge in [-0.05, 0) is 17.7 Å². The van der Waals surface area contributed by atoms with Crippen molar-refractivity contribution in [1.29, 1.82) is 0 Å². The summed E-state index contributed by atoms with van der Waals surface area (Å²) in [5.74, 6) is 7.62. The highest BCUT2D eigenvalue weighted by Gasteiger charge is 2.08. The number of nitrogens with zero attached hydrogens (tertiary/aromatic N) is 1. The number of ether oxygens (including phenoxy) is 3. The number of hydrogen-bond donors (Lipinski definition) is 1. The van der Waals surface area contributed by atoms with Crippen LogP contribution in [0.25, 0.3) is 0 Å². The molecule has 0 unspecified atom stereocenters. The first-order valence-electron chi connectivity index (χ1n) is 8.52. The molecule has 5 heteroatoms. The van der Waals surface area contributed by atoms with E-state index in [1.807, 2.05) is 72.8 Å². The Morgan fingerprint density at radius 1 is 0.815 bits per heavy atom. The predicted molar refractivity (Wildman–Crippen MR) is 107 cm³/mol. The molecule has 0 radical (unpaired) electrons. The van der Waals surface area contributed by atoms with Gasteiger partial charge < -0.3 is 20.1 Å². The molecule has 5 nitrogen and oxygen atoms in total. The average Bonchev–Trinajstić information content (AvgIpc) is 2.74. The van der Waals surface area contributed by atoms with Crippen molar-refractivity contribution in [2.45, 2.75) is 6.61 Å². The van der Waals surface area contributed by atoms with Gasteiger partial charge in [-0.1, -0.05) is 54.6 Å². The van der Waals surface area contributed by atoms with Crippen molar-refractivity contribution >= 4 is 5.71 Å². The van der Waals surface area contributed by atoms with Crippen molar-refractivity contribution in [3.8, 4) is 17.2 Å². The predicted octanol–water partition coefficient (Wildman–Crippen LogP) is 3.99. The summed E-state index contributed by atoms with van der Waals surface area (Å²) in [4.78, 5) is 0. The third-order valence-electron chi connectivity index (χ3n) is 4.16. The fourth-order valence-electron chi connectivity index (χ4n) is 2.74. The minimum absolute atomic E-state index is 0.441. The molecule has 3 aromatic rings. The quantitative estimate of drug-likeness (QED) is 0.392. The largest absolute Gasteiger partial charge is 0.493 e. The molecule has 0 spiro atoms. The van der Waals surface area contributed by atoms with Gasteiger partial charge in [-0.2, -0.15) is 5.10 Å². The van der Waals surface area contributed by atoms with E-state index in [9.17, 15) is 0 Å². The van der Waals surface area contributed by atoms with Gasteiger partial charge in [0.05, 0.1) is 19.9 Å². The second-order valence-corrected chi connectivity index (χ2v) is 5.85. The summed E-state index contributed by atoms with van der Waals surface area (Å²) in [6.45, 7) is 0.441. The summed E-state index contributed by atoms with van der Waals surface area (Å²) in [5, 5.41) is 3.95. The smallest absolute Gasteiger partial charge is 0.164 e. The van der Waals surface area contributed by atoms with Crippen molar-refractivity contribution in [2.24, 2.45) is 10.9 Å². The zero-order valence-electron chi connectivity index (χ0n) is 15.4. The van der Waals surface area contributed by atoms with Crippen molar-refractivity contribution in [2.75, 3.05) is 14.2 Å². The molecule has 0 saturated carbocycles. The Bertz CT molecular complexity index is 907. The van der Waals surface area contributed by atoms with Crippen LogP contribution in [0.15, 0.2) is 77.9 Å². The van der Waals surface area contributed by atoms with E-state index in [1.165, 1.54) is 0 Å². The van der Waals surface area contributed by atoms with Gasteiger partial charge in [-0.15, -0.1) is 0 Å². The number of hydrazone groups is 1. The molecule has 0 heterocycles. The first-order chi connectivity index (χ1) is 13.2. The standard InChI is InChI=1S/C22H22N2O3/c1-25-20-13-12-19(14-21(20)26-2)27-15-16-8-10-18(11-9-16)22(24-23)17-6-4-3-5-7-17/h3-14H,15,23H2,1-2H3. The SMILES string of the molecule is COc1ccc(OCc2ccc(C(=NN)c3ccccc3)cc2)cc1OC. The lowest BCUT2D eigenvalue weighted by molar-refractivity contribution is 0.300. The Balaban J connectivity index is 1.69. The highest BCUT2D eigenvalue weighted by Crippen LogP contribution is 2.31. The summed E-state index contributed by atoms with van der Waals surface area (Å²) >= 11 is 0. The minimum Gasteiger partial charge on any atom is -0.493 e. The highest BCUT2D eigenvalue weighted by molar-refractivity contribution is 6.12. The zero-order valence-corrected chi connectivity index (χ0v) is 15.4. The summed E-state index contributed by atoms with van der Waals surface area (Å²) in [5.41, 5.74) is 3.73. The molecule has 0 bridgehead atoms. The van der Waals surface area contributed by atoms with Gasteiger partial charge >= 0.3 is 0 Å². The van der Waals surface area contributed by atoms with Crippen molar-refractivity contribution < 1.29 is 14.2 Å². The number of nitrogens with two attached hydrogens (primary N) is 1. The lowest BCUT2D eigenvalue weighted by Crippen LogP contribution is -2.06. The molecule has 0 aromatic heterocycles. The summed E-state index contributed by atoms with van der Waals surface area (Å²) < 4.78 is 16.4. The van der Waals surface area contributed by atoms with Gasteiger partial charge in [-0.25, -0.2) is 0 Å². The lowest BCUT2D eigenvalue weighted by Gasteiger charge is -2.11. The van der Waals surface area contributed by atoms with Gasteiger partial charge in [0.2, 0.25) is 0 Å². The topological polar surface area (TPSA) is 66.1 Å². The highest BCUT2D eigenvalue weighted by atomic mass is 16.5. The maximum absolute atomic E-state index is 5.85. The molecule has 0 aliphatic rings. The molecule has 0 saturated heterocycles. The average molecular weight is 362 g/mol. The van der Waals surface area contributed by atoms with E-state index in [4.69, 9.17) is 20.1 Å². The van der Waals surface area contributed by atoms with Crippen LogP contribution in [0.4, 0.5) is 0 Å². The van der Waals surface area contributed by atoms with Crippen LogP contribution in [-0.2, 0) is 6.61 Å². The third kappa shape index (κ3) is 4.39. The van der Waals surface area contributed by atoms with Crippen molar-refractivity contribution in [3.05, 3.63) is 89.5 Å². The monoisotopic (exact) mass is 362 g/mol. The van der Waals surface area contributed by atoms with E-state index in [0.29, 0.717) is 23.9 Å². The first-order valence-corrected chi connectivity index (χ1v) is 8.52. The van der Waals surface area contributed by atoms with Gasteiger partial charge in [0.15, 0.2) is 11.5 Å². The second-order valence-electron chi connectivity index (χ2n) is 5.85. The molecule has 0 aliphatic heterocycles. The molecular formula is C22H22N2O3. The number of rotatable bonds is 7. The molecule has 27 heavy (non-hydrogen) atoms. The van der Waals surface area contributed by atoms with Crippen molar-refractivity contribution in [1.82, 2.24) is 0 Å². The van der Waals surface area contributed by atoms with Gasteiger partial charge in [0.25, 0.3) is 0 Å². The first kappa shape index (κ1) is 18.3. The number of benzene rings is 3. The van der Waals surface area contributed by atoms with Crippen LogP contribution in [0.3, 0.4) is 0 Å². The number of hydrogen-bond acceptors (Lipinski definition) is 5. The van der Waals surface area contributed by atoms with E-state index < -0.39 is 0 Å². The van der Waals surface area contributed by atoms with Crippen molar-refractivity contribution in [3.63, 3.8) is 0 Å². The molecule has 2 N–H and O–H groups in total. The Morgan fingerprint density at radius 3 is 2.11 bits per heavy atom. The van der Waals surface area contributed by atoms with Crippen LogP contribution in [0.5, 0.6) is 17.2 Å². The van der Waals surface area contributed by atoms with E-state index in [-0.39, 0.29) is 0 Å². The third-order valence-corrected chi connectivity index (χ3v) is 4.16. The molecular weight excluding hydrogens is 340 g/mol. The van der Waals surface area contributed by atoms with Crippen LogP contribution in [-0.4, -0.2) is 19.9 Å². The van der Waals surface area contributed by atoms with Gasteiger partial charge in [-0.3, -0.25) is 0 Å². The molecule has 0 atom stereocenters. The second kappa shape index (κ2) is 8.76. The molecule has 0 amide bonds. The normalized spacial score (nSPS) is 11.1. The maximum Gasteiger partial charge on any atom is 0.164 e. The maximum atomic E-state index is 5.85. The van der Waals surface area contributed by atoms with Gasteiger partial charge in [0, 0.05) is 17.2 Å². The van der Waals surface area contributed by atoms with E-state index in [0.717, 1.165) is 22.4 Å². The van der Waals surface area contributed by atoms with Crippen LogP contribution in [0, 0.1) is 0 Å². The van der Waals surface area contributed by atoms with E-state index in [2.05, 4.69) is 5.10 Å². The Kier molecular flexibility index (Phi) is 5.94. The fraction of sp³-hybridized carbons (Fsp3) is 0.136. The Hall–Kier alpha value is -3.47. The Labute approximate surface area is 159 Å². The fourth-order valence-corrected chi connectivity index (χ4v) is 2.74. The summed E-state index contributed by atoms with van der Waals surface area (Å²) in [6, 6.07) is 23.3. The number of methoxy groups -OCH3 is 2. The summed E-state index contributed by atoms with van der Waals surface area (Å²) in [6.07, 6.45) is 0. The lowest BCUT2D eigenvalue weighted by atomic mass is 10.0. The molecule has 3 rings (SSSR count). The van der Waals surface area contributed by atoms with Gasteiger partial charge in [0.1, 0.15) is 12.4 Å². The minimum atomic E-state index is 0.441. The summed E-state index contributed by atoms with van der Waals surface area (Å²) in [7, 11) is 3.21. The zero-order chi connectivity index (χ0) is 19.1. The molecule has 0 aliphatic carbocycles. The van der Waals surface area contributed by atoms with Crippen LogP contribution in [0.1, 0.15) is 16.7 Å². The van der Waals surface area contributed by atoms with E-state index in [1.54, 1.807) is 14.2 Å². The molecule has 138 valence electrons. The molecule has 3 aromatic carbocycles. The van der Waals surface area contributed by atoms with Crippen LogP contribution >= 0.6 is 0 Å². The Morgan fingerprint density at radius 2 is 1.48 bits per heavy atom. The van der Waals surface area contributed by atoms with Crippen LogP contribution < -0.4 is 20.1 Å². The van der Waals surface area contributed by atoms with Crippen LogP contribution in [0.2, 0.25) is 0 Å². The molecule has 0 fully saturated rings.